The van der Waals surface area contributed by atoms with E-state index in [1.807, 2.05) is 13.8 Å². The van der Waals surface area contributed by atoms with Crippen LogP contribution in [0.2, 0.25) is 0 Å². The number of hydrogen-bond acceptors (Lipinski definition) is 4. The highest BCUT2D eigenvalue weighted by molar-refractivity contribution is 6.26. The van der Waals surface area contributed by atoms with E-state index in [-0.39, 0.29) is 29.9 Å². The Morgan fingerprint density at radius 3 is 2.22 bits per heavy atom. The fourth-order valence-corrected chi connectivity index (χ4v) is 3.04. The van der Waals surface area contributed by atoms with Gasteiger partial charge in [-0.2, -0.15) is 0 Å². The summed E-state index contributed by atoms with van der Waals surface area (Å²) >= 11 is 0. The van der Waals surface area contributed by atoms with Gasteiger partial charge in [0.15, 0.2) is 11.6 Å². The third-order valence-corrected chi connectivity index (χ3v) is 5.01. The Bertz CT molecular complexity index is 956. The second-order valence-electron chi connectivity index (χ2n) is 7.03. The van der Waals surface area contributed by atoms with Crippen molar-refractivity contribution in [1.82, 2.24) is 9.88 Å². The van der Waals surface area contributed by atoms with Gasteiger partial charge in [0.05, 0.1) is 5.56 Å². The molecule has 1 heterocycles. The van der Waals surface area contributed by atoms with Crippen LogP contribution in [0, 0.1) is 0 Å². The highest BCUT2D eigenvalue weighted by atomic mass is 16.2. The molecule has 0 unspecified atom stereocenters. The molecule has 0 fully saturated rings. The molecule has 1 aromatic carbocycles. The lowest BCUT2D eigenvalue weighted by Gasteiger charge is -2.21. The Morgan fingerprint density at radius 1 is 1.04 bits per heavy atom. The van der Waals surface area contributed by atoms with Crippen LogP contribution in [-0.2, 0) is 6.42 Å². The minimum absolute atomic E-state index is 0.0934. The molecule has 0 spiro atoms. The quantitative estimate of drug-likeness (QED) is 0.835. The zero-order valence-corrected chi connectivity index (χ0v) is 15.9. The van der Waals surface area contributed by atoms with Gasteiger partial charge in [0.1, 0.15) is 0 Å². The number of hydrogen-bond donors (Lipinski definition) is 0. The molecule has 5 heteroatoms. The van der Waals surface area contributed by atoms with E-state index in [0.717, 1.165) is 0 Å². The lowest BCUT2D eigenvalue weighted by molar-refractivity contribution is 0.0754. The average molecular weight is 362 g/mol. The molecule has 3 rings (SSSR count). The summed E-state index contributed by atoms with van der Waals surface area (Å²) in [6.07, 6.45) is 1.79. The second-order valence-corrected chi connectivity index (χ2v) is 7.03. The number of carbonyl (C=O) groups is 3. The van der Waals surface area contributed by atoms with Crippen molar-refractivity contribution in [3.8, 4) is 0 Å². The molecule has 0 N–H and O–H groups in total. The molecular weight excluding hydrogens is 340 g/mol. The number of fused-ring (bicyclic) bond motifs is 1. The number of Topliss-reactive ketones (excluding diaryl/α,β-unsaturated/α-hetero) is 2. The van der Waals surface area contributed by atoms with Crippen LogP contribution >= 0.6 is 0 Å². The monoisotopic (exact) mass is 362 g/mol. The molecule has 0 saturated heterocycles. The molecular formula is C22H22N2O3. The van der Waals surface area contributed by atoms with Crippen LogP contribution in [0.4, 0.5) is 0 Å². The van der Waals surface area contributed by atoms with Crippen molar-refractivity contribution in [3.05, 3.63) is 76.1 Å². The van der Waals surface area contributed by atoms with Gasteiger partial charge in [-0.15, -0.1) is 0 Å². The SMILES string of the molecule is CC1=C(Cc2ccc(C(=O)N(C)C(C)C)cn2)C(=O)c2ccccc2C1=O. The van der Waals surface area contributed by atoms with Crippen molar-refractivity contribution in [1.29, 1.82) is 0 Å². The smallest absolute Gasteiger partial charge is 0.255 e. The number of carbonyl (C=O) groups excluding carboxylic acids is 3. The van der Waals surface area contributed by atoms with Gasteiger partial charge in [-0.05, 0) is 32.9 Å². The molecule has 0 aliphatic heterocycles. The summed E-state index contributed by atoms with van der Waals surface area (Å²) in [7, 11) is 1.75. The summed E-state index contributed by atoms with van der Waals surface area (Å²) < 4.78 is 0. The van der Waals surface area contributed by atoms with Gasteiger partial charge in [0.25, 0.3) is 5.91 Å². The predicted octanol–water partition coefficient (Wildman–Crippen LogP) is 3.50. The third-order valence-electron chi connectivity index (χ3n) is 5.01. The Labute approximate surface area is 158 Å². The van der Waals surface area contributed by atoms with E-state index >= 15 is 0 Å². The number of aromatic nitrogens is 1. The molecule has 138 valence electrons. The molecule has 0 atom stereocenters. The maximum Gasteiger partial charge on any atom is 0.255 e. The molecule has 1 aromatic heterocycles. The Balaban J connectivity index is 1.85. The standard InChI is InChI=1S/C22H22N2O3/c1-13(2)24(4)22(27)15-9-10-16(23-12-15)11-19-14(3)20(25)17-7-5-6-8-18(17)21(19)26/h5-10,12-13H,11H2,1-4H3. The van der Waals surface area contributed by atoms with Gasteiger partial charge >= 0.3 is 0 Å². The van der Waals surface area contributed by atoms with Crippen molar-refractivity contribution >= 4 is 17.5 Å². The highest BCUT2D eigenvalue weighted by Gasteiger charge is 2.29. The van der Waals surface area contributed by atoms with Crippen LogP contribution in [0.15, 0.2) is 53.7 Å². The molecule has 0 saturated carbocycles. The molecule has 1 aliphatic carbocycles. The fourth-order valence-electron chi connectivity index (χ4n) is 3.04. The lowest BCUT2D eigenvalue weighted by Crippen LogP contribution is -2.33. The van der Waals surface area contributed by atoms with Crippen molar-refractivity contribution < 1.29 is 14.4 Å². The molecule has 5 nitrogen and oxygen atoms in total. The van der Waals surface area contributed by atoms with Gasteiger partial charge in [0, 0.05) is 53.7 Å². The van der Waals surface area contributed by atoms with E-state index in [0.29, 0.717) is 33.5 Å². The summed E-state index contributed by atoms with van der Waals surface area (Å²) in [5, 5.41) is 0. The van der Waals surface area contributed by atoms with Crippen LogP contribution in [0.5, 0.6) is 0 Å². The summed E-state index contributed by atoms with van der Waals surface area (Å²) in [5.74, 6) is -0.355. The Kier molecular flexibility index (Phi) is 5.04. The summed E-state index contributed by atoms with van der Waals surface area (Å²) in [6, 6.07) is 10.4. The zero-order chi connectivity index (χ0) is 19.7. The fraction of sp³-hybridized carbons (Fsp3) is 0.273. The van der Waals surface area contributed by atoms with Gasteiger partial charge in [-0.3, -0.25) is 19.4 Å². The van der Waals surface area contributed by atoms with E-state index in [1.165, 1.54) is 6.20 Å². The molecule has 2 aromatic rings. The maximum absolute atomic E-state index is 12.8. The number of pyridine rings is 1. The average Bonchev–Trinajstić information content (AvgIpc) is 2.68. The lowest BCUT2D eigenvalue weighted by atomic mass is 9.83. The van der Waals surface area contributed by atoms with E-state index in [9.17, 15) is 14.4 Å². The number of nitrogens with zero attached hydrogens (tertiary/aromatic N) is 2. The number of benzene rings is 1. The number of amides is 1. The predicted molar refractivity (Wildman–Crippen MR) is 103 cm³/mol. The van der Waals surface area contributed by atoms with Gasteiger partial charge in [0.2, 0.25) is 0 Å². The van der Waals surface area contributed by atoms with E-state index < -0.39 is 0 Å². The molecule has 0 radical (unpaired) electrons. The third kappa shape index (κ3) is 3.45. The maximum atomic E-state index is 12.8. The minimum atomic E-state index is -0.135. The summed E-state index contributed by atoms with van der Waals surface area (Å²) in [5.41, 5.74) is 2.96. The second kappa shape index (κ2) is 7.27. The van der Waals surface area contributed by atoms with Gasteiger partial charge in [-0.1, -0.05) is 24.3 Å². The number of rotatable bonds is 4. The normalized spacial score (nSPS) is 13.8. The van der Waals surface area contributed by atoms with Crippen molar-refractivity contribution in [2.75, 3.05) is 7.05 Å². The van der Waals surface area contributed by atoms with Crippen molar-refractivity contribution in [2.24, 2.45) is 0 Å². The Morgan fingerprint density at radius 2 is 1.67 bits per heavy atom. The first kappa shape index (κ1) is 18.7. The first-order valence-corrected chi connectivity index (χ1v) is 8.91. The van der Waals surface area contributed by atoms with Crippen LogP contribution in [0.1, 0.15) is 57.5 Å². The molecule has 1 aliphatic rings. The van der Waals surface area contributed by atoms with Gasteiger partial charge < -0.3 is 4.90 Å². The minimum Gasteiger partial charge on any atom is -0.339 e. The molecule has 0 bridgehead atoms. The number of ketones is 2. The van der Waals surface area contributed by atoms with Gasteiger partial charge in [-0.25, -0.2) is 0 Å². The molecule has 1 amide bonds. The van der Waals surface area contributed by atoms with Crippen LogP contribution in [-0.4, -0.2) is 40.4 Å². The zero-order valence-electron chi connectivity index (χ0n) is 15.9. The summed E-state index contributed by atoms with van der Waals surface area (Å²) in [6.45, 7) is 5.57. The topological polar surface area (TPSA) is 67.3 Å². The largest absolute Gasteiger partial charge is 0.339 e. The van der Waals surface area contributed by atoms with Crippen LogP contribution in [0.3, 0.4) is 0 Å². The summed E-state index contributed by atoms with van der Waals surface area (Å²) in [4.78, 5) is 43.7. The first-order valence-electron chi connectivity index (χ1n) is 8.91. The van der Waals surface area contributed by atoms with E-state index in [2.05, 4.69) is 4.98 Å². The van der Waals surface area contributed by atoms with Crippen molar-refractivity contribution in [2.45, 2.75) is 33.2 Å². The molecule has 27 heavy (non-hydrogen) atoms. The van der Waals surface area contributed by atoms with E-state index in [4.69, 9.17) is 0 Å². The number of allylic oxidation sites excluding steroid dienone is 2. The Hall–Kier alpha value is -3.08. The van der Waals surface area contributed by atoms with E-state index in [1.54, 1.807) is 55.3 Å². The van der Waals surface area contributed by atoms with Crippen molar-refractivity contribution in [3.63, 3.8) is 0 Å². The first-order chi connectivity index (χ1) is 12.8. The van der Waals surface area contributed by atoms with Crippen LogP contribution in [0.25, 0.3) is 0 Å². The highest BCUT2D eigenvalue weighted by Crippen LogP contribution is 2.27. The van der Waals surface area contributed by atoms with Crippen LogP contribution < -0.4 is 0 Å².